The number of carboxylic acids is 2. The van der Waals surface area contributed by atoms with Crippen LogP contribution in [0.3, 0.4) is 0 Å². The number of carbonyl (C=O) groups is 2. The Morgan fingerprint density at radius 1 is 0.750 bits per heavy atom. The topological polar surface area (TPSA) is 127 Å². The van der Waals surface area contributed by atoms with Gasteiger partial charge in [-0.3, -0.25) is 9.59 Å². The second-order valence-corrected chi connectivity index (χ2v) is 5.22. The first-order valence-corrected chi connectivity index (χ1v) is 6.37. The minimum atomic E-state index is -0.692. The summed E-state index contributed by atoms with van der Waals surface area (Å²) in [6.45, 7) is 0. The maximum Gasteiger partial charge on any atom is 0.306 e. The Bertz CT molecular complexity index is 288. The molecule has 8 heteroatoms. The number of hydrogen-bond acceptors (Lipinski definition) is 4. The first-order chi connectivity index (χ1) is 8.40. The van der Waals surface area contributed by atoms with Crippen LogP contribution in [0.15, 0.2) is 0 Å². The number of rotatable bonds is 2. The van der Waals surface area contributed by atoms with E-state index in [-0.39, 0.29) is 48.7 Å². The predicted molar refractivity (Wildman–Crippen MR) is 80.4 cm³/mol. The van der Waals surface area contributed by atoms with Gasteiger partial charge in [0.1, 0.15) is 0 Å². The molecule has 4 atom stereocenters. The molecule has 2 fully saturated rings. The maximum atomic E-state index is 10.3. The fraction of sp³-hybridized carbons (Fsp3) is 0.833. The summed E-state index contributed by atoms with van der Waals surface area (Å²) in [6, 6.07) is 0.261. The molecule has 2 aliphatic carbocycles. The quantitative estimate of drug-likeness (QED) is 0.603. The largest absolute Gasteiger partial charge is 0.481 e. The lowest BCUT2D eigenvalue weighted by molar-refractivity contribution is -0.142. The van der Waals surface area contributed by atoms with Crippen LogP contribution in [0.4, 0.5) is 0 Å². The first-order valence-electron chi connectivity index (χ1n) is 6.37. The van der Waals surface area contributed by atoms with E-state index in [1.54, 1.807) is 0 Å². The van der Waals surface area contributed by atoms with Gasteiger partial charge in [-0.15, -0.1) is 24.8 Å². The molecule has 0 spiro atoms. The fourth-order valence-corrected chi connectivity index (χ4v) is 2.48. The van der Waals surface area contributed by atoms with Crippen LogP contribution in [0, 0.1) is 11.8 Å². The van der Waals surface area contributed by atoms with Crippen molar-refractivity contribution in [2.24, 2.45) is 23.3 Å². The van der Waals surface area contributed by atoms with Crippen molar-refractivity contribution in [3.8, 4) is 0 Å². The third-order valence-electron chi connectivity index (χ3n) is 3.64. The van der Waals surface area contributed by atoms with Crippen molar-refractivity contribution in [2.45, 2.75) is 50.6 Å². The smallest absolute Gasteiger partial charge is 0.306 e. The van der Waals surface area contributed by atoms with Crippen molar-refractivity contribution in [1.29, 1.82) is 0 Å². The van der Waals surface area contributed by atoms with Crippen molar-refractivity contribution in [1.82, 2.24) is 0 Å². The summed E-state index contributed by atoms with van der Waals surface area (Å²) < 4.78 is 0. The van der Waals surface area contributed by atoms with Crippen LogP contribution in [0.1, 0.15) is 38.5 Å². The van der Waals surface area contributed by atoms with Crippen LogP contribution in [-0.2, 0) is 9.59 Å². The molecule has 0 aromatic carbocycles. The second-order valence-electron chi connectivity index (χ2n) is 5.22. The molecule has 0 bridgehead atoms. The minimum absolute atomic E-state index is 0. The second kappa shape index (κ2) is 10.2. The molecule has 0 saturated heterocycles. The molecule has 6 nitrogen and oxygen atoms in total. The lowest BCUT2D eigenvalue weighted by Crippen LogP contribution is -2.17. The van der Waals surface area contributed by atoms with Gasteiger partial charge in [-0.2, -0.15) is 0 Å². The molecule has 120 valence electrons. The van der Waals surface area contributed by atoms with Gasteiger partial charge in [-0.1, -0.05) is 0 Å². The first kappa shape index (κ1) is 21.7. The van der Waals surface area contributed by atoms with Gasteiger partial charge in [0.2, 0.25) is 0 Å². The summed E-state index contributed by atoms with van der Waals surface area (Å²) in [5, 5.41) is 17.0. The molecule has 0 aromatic heterocycles. The van der Waals surface area contributed by atoms with Crippen LogP contribution in [0.5, 0.6) is 0 Å². The van der Waals surface area contributed by atoms with E-state index in [0.29, 0.717) is 12.8 Å². The Morgan fingerprint density at radius 3 is 1.15 bits per heavy atom. The van der Waals surface area contributed by atoms with E-state index in [4.69, 9.17) is 21.7 Å². The highest BCUT2D eigenvalue weighted by Gasteiger charge is 2.27. The molecule has 0 unspecified atom stereocenters. The van der Waals surface area contributed by atoms with Crippen LogP contribution in [0.25, 0.3) is 0 Å². The number of hydrogen-bond donors (Lipinski definition) is 4. The Morgan fingerprint density at radius 2 is 1.05 bits per heavy atom. The summed E-state index contributed by atoms with van der Waals surface area (Å²) in [5.74, 6) is -1.72. The van der Waals surface area contributed by atoms with Gasteiger partial charge in [-0.05, 0) is 38.5 Å². The number of nitrogens with two attached hydrogens (primary N) is 2. The van der Waals surface area contributed by atoms with Gasteiger partial charge in [0.25, 0.3) is 0 Å². The van der Waals surface area contributed by atoms with Crippen LogP contribution >= 0.6 is 24.8 Å². The summed E-state index contributed by atoms with van der Waals surface area (Å²) in [6.07, 6.45) is 4.59. The Labute approximate surface area is 131 Å². The lowest BCUT2D eigenvalue weighted by atomic mass is 10.1. The lowest BCUT2D eigenvalue weighted by Gasteiger charge is -1.99. The molecule has 0 heterocycles. The van der Waals surface area contributed by atoms with Crippen LogP contribution in [-0.4, -0.2) is 34.2 Å². The molecule has 0 radical (unpaired) electrons. The summed E-state index contributed by atoms with van der Waals surface area (Å²) in [4.78, 5) is 20.6. The number of aliphatic carboxylic acids is 2. The minimum Gasteiger partial charge on any atom is -0.481 e. The van der Waals surface area contributed by atoms with Crippen molar-refractivity contribution in [2.75, 3.05) is 0 Å². The van der Waals surface area contributed by atoms with Crippen molar-refractivity contribution in [3.63, 3.8) is 0 Å². The normalized spacial score (nSPS) is 31.3. The zero-order valence-electron chi connectivity index (χ0n) is 11.2. The summed E-state index contributed by atoms with van der Waals surface area (Å²) in [7, 11) is 0. The molecule has 0 aromatic rings. The van der Waals surface area contributed by atoms with E-state index in [1.807, 2.05) is 0 Å². The van der Waals surface area contributed by atoms with Crippen LogP contribution in [0.2, 0.25) is 0 Å². The van der Waals surface area contributed by atoms with Crippen molar-refractivity contribution in [3.05, 3.63) is 0 Å². The molecule has 0 amide bonds. The van der Waals surface area contributed by atoms with Gasteiger partial charge in [0.15, 0.2) is 0 Å². The Hall–Kier alpha value is -0.560. The maximum absolute atomic E-state index is 10.3. The summed E-state index contributed by atoms with van der Waals surface area (Å²) >= 11 is 0. The molecule has 6 N–H and O–H groups in total. The van der Waals surface area contributed by atoms with Crippen molar-refractivity contribution < 1.29 is 19.8 Å². The van der Waals surface area contributed by atoms with Crippen LogP contribution < -0.4 is 11.5 Å². The van der Waals surface area contributed by atoms with E-state index >= 15 is 0 Å². The third kappa shape index (κ3) is 7.28. The molecule has 20 heavy (non-hydrogen) atoms. The van der Waals surface area contributed by atoms with E-state index in [1.165, 1.54) is 0 Å². The van der Waals surface area contributed by atoms with Gasteiger partial charge in [0, 0.05) is 12.1 Å². The number of carboxylic acid groups (broad SMARTS) is 2. The Kier molecular flexibility index (Phi) is 11.1. The highest BCUT2D eigenvalue weighted by molar-refractivity contribution is 5.85. The van der Waals surface area contributed by atoms with E-state index in [0.717, 1.165) is 25.7 Å². The average molecular weight is 331 g/mol. The summed E-state index contributed by atoms with van der Waals surface area (Å²) in [5.41, 5.74) is 11.0. The third-order valence-corrected chi connectivity index (χ3v) is 3.64. The molecule has 2 rings (SSSR count). The Balaban J connectivity index is 0. The standard InChI is InChI=1S/2C6H11NO2.2ClH/c2*7-5-2-1-4(3-5)6(8)9;;/h2*4-5H,1-3,7H2,(H,8,9);2*1H/t2*4-,5-;;/m10../s1. The van der Waals surface area contributed by atoms with Crippen molar-refractivity contribution >= 4 is 36.8 Å². The zero-order chi connectivity index (χ0) is 13.7. The molecular weight excluding hydrogens is 307 g/mol. The predicted octanol–water partition coefficient (Wildman–Crippen LogP) is 1.24. The molecule has 2 saturated carbocycles. The van der Waals surface area contributed by atoms with Gasteiger partial charge in [-0.25, -0.2) is 0 Å². The average Bonchev–Trinajstić information content (AvgIpc) is 2.88. The molecular formula is C12H24Cl2N2O4. The molecule has 0 aliphatic heterocycles. The van der Waals surface area contributed by atoms with E-state index < -0.39 is 11.9 Å². The highest BCUT2D eigenvalue weighted by Crippen LogP contribution is 2.24. The van der Waals surface area contributed by atoms with Gasteiger partial charge < -0.3 is 21.7 Å². The SMILES string of the molecule is Cl.Cl.N[C@@H]1CC[C@@H](C(=O)O)C1.N[C@H]1CC[C@H](C(=O)O)C1. The van der Waals surface area contributed by atoms with E-state index in [2.05, 4.69) is 0 Å². The van der Waals surface area contributed by atoms with Gasteiger partial charge >= 0.3 is 11.9 Å². The highest BCUT2D eigenvalue weighted by atomic mass is 35.5. The monoisotopic (exact) mass is 330 g/mol. The van der Waals surface area contributed by atoms with E-state index in [9.17, 15) is 9.59 Å². The zero-order valence-corrected chi connectivity index (χ0v) is 12.9. The fourth-order valence-electron chi connectivity index (χ4n) is 2.48. The molecule has 2 aliphatic rings. The van der Waals surface area contributed by atoms with Gasteiger partial charge in [0.05, 0.1) is 11.8 Å². The number of halogens is 2.